The van der Waals surface area contributed by atoms with Gasteiger partial charge in [-0.2, -0.15) is 0 Å². The van der Waals surface area contributed by atoms with Crippen LogP contribution < -0.4 is 4.74 Å². The van der Waals surface area contributed by atoms with Crippen LogP contribution in [0.15, 0.2) is 42.5 Å². The van der Waals surface area contributed by atoms with Crippen molar-refractivity contribution < 1.29 is 9.13 Å². The monoisotopic (exact) mass is 324 g/mol. The Morgan fingerprint density at radius 3 is 2.50 bits per heavy atom. The molecule has 1 aliphatic heterocycles. The Bertz CT molecular complexity index is 883. The first-order valence-electron chi connectivity index (χ1n) is 8.34. The number of likely N-dealkylation sites (N-methyl/N-ethyl adjacent to an activating group) is 1. The Kier molecular flexibility index (Phi) is 3.77. The lowest BCUT2D eigenvalue weighted by molar-refractivity contribution is 0.351. The standard InChI is InChI=1S/C20H21FN2O/c1-22-12-10-16-17(11-13-22)23(2)18-4-3-5-19(20(16)18)24-15-8-6-14(21)7-9-15/h3-9H,10-13H2,1-2H3. The van der Waals surface area contributed by atoms with E-state index in [1.54, 1.807) is 12.1 Å². The fourth-order valence-electron chi connectivity index (χ4n) is 3.61. The minimum atomic E-state index is -0.253. The Morgan fingerprint density at radius 1 is 0.958 bits per heavy atom. The fourth-order valence-corrected chi connectivity index (χ4v) is 3.61. The van der Waals surface area contributed by atoms with Gasteiger partial charge in [-0.15, -0.1) is 0 Å². The van der Waals surface area contributed by atoms with Gasteiger partial charge in [0.15, 0.2) is 0 Å². The van der Waals surface area contributed by atoms with E-state index in [1.807, 2.05) is 12.1 Å². The summed E-state index contributed by atoms with van der Waals surface area (Å²) in [6.45, 7) is 2.13. The molecule has 4 heteroatoms. The summed E-state index contributed by atoms with van der Waals surface area (Å²) in [7, 11) is 4.30. The number of hydrogen-bond acceptors (Lipinski definition) is 2. The van der Waals surface area contributed by atoms with E-state index < -0.39 is 0 Å². The van der Waals surface area contributed by atoms with Gasteiger partial charge < -0.3 is 14.2 Å². The van der Waals surface area contributed by atoms with Gasteiger partial charge in [0.1, 0.15) is 17.3 Å². The summed E-state index contributed by atoms with van der Waals surface area (Å²) in [6.07, 6.45) is 2.07. The van der Waals surface area contributed by atoms with E-state index in [1.165, 1.54) is 34.3 Å². The van der Waals surface area contributed by atoms with Crippen LogP contribution in [0.1, 0.15) is 11.3 Å². The summed E-state index contributed by atoms with van der Waals surface area (Å²) in [4.78, 5) is 2.37. The first-order chi connectivity index (χ1) is 11.6. The number of ether oxygens (including phenoxy) is 1. The third-order valence-corrected chi connectivity index (χ3v) is 4.94. The third kappa shape index (κ3) is 2.57. The highest BCUT2D eigenvalue weighted by Gasteiger charge is 2.21. The van der Waals surface area contributed by atoms with Gasteiger partial charge >= 0.3 is 0 Å². The third-order valence-electron chi connectivity index (χ3n) is 4.94. The van der Waals surface area contributed by atoms with E-state index in [0.717, 1.165) is 31.7 Å². The second-order valence-corrected chi connectivity index (χ2v) is 6.49. The number of rotatable bonds is 2. The molecule has 3 nitrogen and oxygen atoms in total. The van der Waals surface area contributed by atoms with Gasteiger partial charge in [-0.25, -0.2) is 4.39 Å². The molecule has 0 saturated heterocycles. The van der Waals surface area contributed by atoms with Crippen molar-refractivity contribution in [3.8, 4) is 11.5 Å². The Labute approximate surface area is 141 Å². The second kappa shape index (κ2) is 5.95. The van der Waals surface area contributed by atoms with E-state index in [0.29, 0.717) is 5.75 Å². The number of aryl methyl sites for hydroxylation is 1. The summed E-state index contributed by atoms with van der Waals surface area (Å²) in [5.41, 5.74) is 3.98. The maximum Gasteiger partial charge on any atom is 0.137 e. The van der Waals surface area contributed by atoms with Gasteiger partial charge in [0, 0.05) is 37.6 Å². The molecule has 0 radical (unpaired) electrons. The van der Waals surface area contributed by atoms with Crippen molar-refractivity contribution >= 4 is 10.9 Å². The van der Waals surface area contributed by atoms with E-state index in [2.05, 4.69) is 29.6 Å². The summed E-state index contributed by atoms with van der Waals surface area (Å²) in [6, 6.07) is 12.4. The minimum Gasteiger partial charge on any atom is -0.457 e. The van der Waals surface area contributed by atoms with E-state index in [4.69, 9.17) is 4.74 Å². The van der Waals surface area contributed by atoms with Crippen LogP contribution >= 0.6 is 0 Å². The maximum atomic E-state index is 13.1. The van der Waals surface area contributed by atoms with Crippen molar-refractivity contribution in [2.45, 2.75) is 12.8 Å². The van der Waals surface area contributed by atoms with Gasteiger partial charge in [-0.1, -0.05) is 6.07 Å². The molecule has 0 aliphatic carbocycles. The zero-order valence-corrected chi connectivity index (χ0v) is 14.1. The molecular weight excluding hydrogens is 303 g/mol. The highest BCUT2D eigenvalue weighted by molar-refractivity contribution is 5.91. The Balaban J connectivity index is 1.83. The number of aromatic nitrogens is 1. The normalized spacial score (nSPS) is 15.3. The van der Waals surface area contributed by atoms with Crippen LogP contribution in [0.5, 0.6) is 11.5 Å². The Hall–Kier alpha value is -2.33. The van der Waals surface area contributed by atoms with Gasteiger partial charge in [-0.3, -0.25) is 0 Å². The SMILES string of the molecule is CN1CCc2c(n(C)c3cccc(Oc4ccc(F)cc4)c23)CC1. The molecule has 0 N–H and O–H groups in total. The van der Waals surface area contributed by atoms with Crippen LogP contribution in [0.4, 0.5) is 4.39 Å². The molecule has 24 heavy (non-hydrogen) atoms. The van der Waals surface area contributed by atoms with Gasteiger partial charge in [0.25, 0.3) is 0 Å². The molecule has 2 aromatic carbocycles. The van der Waals surface area contributed by atoms with Crippen LogP contribution in [-0.2, 0) is 19.9 Å². The van der Waals surface area contributed by atoms with Crippen LogP contribution in [0.25, 0.3) is 10.9 Å². The molecule has 0 unspecified atom stereocenters. The molecule has 124 valence electrons. The van der Waals surface area contributed by atoms with E-state index in [9.17, 15) is 4.39 Å². The topological polar surface area (TPSA) is 17.4 Å². The molecule has 3 aromatic rings. The second-order valence-electron chi connectivity index (χ2n) is 6.49. The first-order valence-corrected chi connectivity index (χ1v) is 8.34. The molecule has 1 aliphatic rings. The lowest BCUT2D eigenvalue weighted by Gasteiger charge is -2.13. The maximum absolute atomic E-state index is 13.1. The van der Waals surface area contributed by atoms with Gasteiger partial charge in [0.05, 0.1) is 5.52 Å². The number of nitrogens with zero attached hydrogens (tertiary/aromatic N) is 2. The fraction of sp³-hybridized carbons (Fsp3) is 0.300. The predicted molar refractivity (Wildman–Crippen MR) is 94.3 cm³/mol. The van der Waals surface area contributed by atoms with Gasteiger partial charge in [-0.05, 0) is 55.4 Å². The van der Waals surface area contributed by atoms with Crippen LogP contribution in [0.2, 0.25) is 0 Å². The molecule has 0 atom stereocenters. The van der Waals surface area contributed by atoms with Crippen LogP contribution in [0, 0.1) is 5.82 Å². The largest absolute Gasteiger partial charge is 0.457 e. The summed E-state index contributed by atoms with van der Waals surface area (Å²) in [5.74, 6) is 1.25. The van der Waals surface area contributed by atoms with E-state index in [-0.39, 0.29) is 5.82 Å². The molecular formula is C20H21FN2O. The zero-order valence-electron chi connectivity index (χ0n) is 14.1. The lowest BCUT2D eigenvalue weighted by atomic mass is 10.1. The summed E-state index contributed by atoms with van der Waals surface area (Å²) in [5, 5.41) is 1.19. The predicted octanol–water partition coefficient (Wildman–Crippen LogP) is 4.14. The minimum absolute atomic E-state index is 0.253. The summed E-state index contributed by atoms with van der Waals surface area (Å²) >= 11 is 0. The number of fused-ring (bicyclic) bond motifs is 3. The molecule has 0 spiro atoms. The average molecular weight is 324 g/mol. The highest BCUT2D eigenvalue weighted by Crippen LogP contribution is 2.37. The molecule has 0 fully saturated rings. The molecule has 0 saturated carbocycles. The molecule has 4 rings (SSSR count). The van der Waals surface area contributed by atoms with Crippen molar-refractivity contribution in [2.75, 3.05) is 20.1 Å². The van der Waals surface area contributed by atoms with Crippen molar-refractivity contribution in [3.63, 3.8) is 0 Å². The average Bonchev–Trinajstić information content (AvgIpc) is 2.72. The molecule has 2 heterocycles. The number of halogens is 1. The molecule has 0 bridgehead atoms. The molecule has 1 aromatic heterocycles. The zero-order chi connectivity index (χ0) is 16.7. The first kappa shape index (κ1) is 15.2. The lowest BCUT2D eigenvalue weighted by Crippen LogP contribution is -2.21. The Morgan fingerprint density at radius 2 is 1.71 bits per heavy atom. The van der Waals surface area contributed by atoms with Crippen molar-refractivity contribution in [1.29, 1.82) is 0 Å². The van der Waals surface area contributed by atoms with Crippen molar-refractivity contribution in [3.05, 3.63) is 59.5 Å². The van der Waals surface area contributed by atoms with Crippen molar-refractivity contribution in [2.24, 2.45) is 7.05 Å². The number of hydrogen-bond donors (Lipinski definition) is 0. The smallest absolute Gasteiger partial charge is 0.137 e. The van der Waals surface area contributed by atoms with Crippen LogP contribution in [-0.4, -0.2) is 29.6 Å². The van der Waals surface area contributed by atoms with E-state index >= 15 is 0 Å². The molecule has 0 amide bonds. The van der Waals surface area contributed by atoms with Gasteiger partial charge in [0.2, 0.25) is 0 Å². The van der Waals surface area contributed by atoms with Crippen molar-refractivity contribution in [1.82, 2.24) is 9.47 Å². The quantitative estimate of drug-likeness (QED) is 0.705. The summed E-state index contributed by atoms with van der Waals surface area (Å²) < 4.78 is 21.5. The van der Waals surface area contributed by atoms with Crippen LogP contribution in [0.3, 0.4) is 0 Å². The highest BCUT2D eigenvalue weighted by atomic mass is 19.1. The number of benzene rings is 2.